The molecule has 0 amide bonds. The second kappa shape index (κ2) is 6.58. The highest BCUT2D eigenvalue weighted by molar-refractivity contribution is 5.82. The van der Waals surface area contributed by atoms with E-state index >= 15 is 0 Å². The van der Waals surface area contributed by atoms with Crippen molar-refractivity contribution >= 4 is 11.1 Å². The van der Waals surface area contributed by atoms with Gasteiger partial charge in [0.1, 0.15) is 11.3 Å². The molecule has 0 atom stereocenters. The number of fused-ring (bicyclic) bond motifs is 1. The standard InChI is InChI=1S/C25H17NO/c1-3-8-18(9-4-1)20-12-7-13-21(16-20)22-14-15-24-23(26-22)17-25(27-24)19-10-5-2-6-11-19/h1-17H. The number of hydrogen-bond acceptors (Lipinski definition) is 2. The van der Waals surface area contributed by atoms with Crippen LogP contribution >= 0.6 is 0 Å². The van der Waals surface area contributed by atoms with Gasteiger partial charge in [0.2, 0.25) is 0 Å². The second-order valence-corrected chi connectivity index (χ2v) is 6.50. The molecule has 2 heteroatoms. The van der Waals surface area contributed by atoms with Gasteiger partial charge in [-0.3, -0.25) is 0 Å². The molecule has 0 unspecified atom stereocenters. The Hall–Kier alpha value is -3.65. The third-order valence-corrected chi connectivity index (χ3v) is 4.70. The molecule has 0 bridgehead atoms. The minimum absolute atomic E-state index is 0.803. The highest BCUT2D eigenvalue weighted by atomic mass is 16.3. The summed E-state index contributed by atoms with van der Waals surface area (Å²) in [5, 5.41) is 0. The Labute approximate surface area is 157 Å². The van der Waals surface area contributed by atoms with E-state index in [1.54, 1.807) is 0 Å². The average Bonchev–Trinajstić information content (AvgIpc) is 3.19. The number of furan rings is 1. The van der Waals surface area contributed by atoms with E-state index in [0.717, 1.165) is 33.7 Å². The zero-order valence-electron chi connectivity index (χ0n) is 14.7. The minimum atomic E-state index is 0.803. The third kappa shape index (κ3) is 3.02. The van der Waals surface area contributed by atoms with E-state index in [9.17, 15) is 0 Å². The molecule has 0 saturated carbocycles. The number of nitrogens with zero attached hydrogens (tertiary/aromatic N) is 1. The lowest BCUT2D eigenvalue weighted by Crippen LogP contribution is -1.84. The molecule has 2 nitrogen and oxygen atoms in total. The van der Waals surface area contributed by atoms with Gasteiger partial charge in [-0.05, 0) is 29.3 Å². The molecule has 0 spiro atoms. The highest BCUT2D eigenvalue weighted by Crippen LogP contribution is 2.30. The molecule has 0 N–H and O–H groups in total. The van der Waals surface area contributed by atoms with Gasteiger partial charge in [0.25, 0.3) is 0 Å². The van der Waals surface area contributed by atoms with Crippen molar-refractivity contribution in [3.8, 4) is 33.7 Å². The van der Waals surface area contributed by atoms with Crippen molar-refractivity contribution in [2.75, 3.05) is 0 Å². The van der Waals surface area contributed by atoms with Crippen LogP contribution in [0.4, 0.5) is 0 Å². The first-order valence-corrected chi connectivity index (χ1v) is 8.99. The summed E-state index contributed by atoms with van der Waals surface area (Å²) in [6, 6.07) is 35.0. The fourth-order valence-corrected chi connectivity index (χ4v) is 3.32. The lowest BCUT2D eigenvalue weighted by atomic mass is 10.0. The first-order valence-electron chi connectivity index (χ1n) is 8.99. The van der Waals surface area contributed by atoms with Crippen molar-refractivity contribution in [2.45, 2.75) is 0 Å². The monoisotopic (exact) mass is 347 g/mol. The maximum Gasteiger partial charge on any atom is 0.153 e. The number of benzene rings is 3. The van der Waals surface area contributed by atoms with Gasteiger partial charge in [0.05, 0.1) is 5.69 Å². The van der Waals surface area contributed by atoms with Crippen LogP contribution < -0.4 is 0 Å². The summed E-state index contributed by atoms with van der Waals surface area (Å²) in [5.74, 6) is 0.841. The van der Waals surface area contributed by atoms with E-state index in [4.69, 9.17) is 9.40 Å². The van der Waals surface area contributed by atoms with Crippen LogP contribution in [0.5, 0.6) is 0 Å². The minimum Gasteiger partial charge on any atom is -0.454 e. The van der Waals surface area contributed by atoms with Crippen molar-refractivity contribution in [1.82, 2.24) is 4.98 Å². The fraction of sp³-hybridized carbons (Fsp3) is 0. The van der Waals surface area contributed by atoms with Crippen molar-refractivity contribution in [3.05, 3.63) is 103 Å². The molecule has 27 heavy (non-hydrogen) atoms. The molecule has 2 heterocycles. The van der Waals surface area contributed by atoms with Gasteiger partial charge in [-0.1, -0.05) is 78.9 Å². The van der Waals surface area contributed by atoms with Crippen molar-refractivity contribution in [3.63, 3.8) is 0 Å². The first-order chi connectivity index (χ1) is 13.4. The van der Waals surface area contributed by atoms with Gasteiger partial charge in [0.15, 0.2) is 5.58 Å². The molecule has 0 aliphatic carbocycles. The van der Waals surface area contributed by atoms with Gasteiger partial charge in [-0.2, -0.15) is 0 Å². The van der Waals surface area contributed by atoms with Gasteiger partial charge >= 0.3 is 0 Å². The average molecular weight is 347 g/mol. The number of hydrogen-bond donors (Lipinski definition) is 0. The maximum absolute atomic E-state index is 5.98. The molecular weight excluding hydrogens is 330 g/mol. The second-order valence-electron chi connectivity index (χ2n) is 6.50. The van der Waals surface area contributed by atoms with Gasteiger partial charge < -0.3 is 4.42 Å². The molecule has 3 aromatic carbocycles. The van der Waals surface area contributed by atoms with E-state index in [-0.39, 0.29) is 0 Å². The van der Waals surface area contributed by atoms with Gasteiger partial charge in [-0.15, -0.1) is 0 Å². The zero-order valence-corrected chi connectivity index (χ0v) is 14.7. The first kappa shape index (κ1) is 15.6. The summed E-state index contributed by atoms with van der Waals surface area (Å²) >= 11 is 0. The van der Waals surface area contributed by atoms with Crippen LogP contribution in [0.25, 0.3) is 44.8 Å². The van der Waals surface area contributed by atoms with Crippen LogP contribution in [0, 0.1) is 0 Å². The Morgan fingerprint density at radius 3 is 1.96 bits per heavy atom. The Morgan fingerprint density at radius 1 is 0.519 bits per heavy atom. The summed E-state index contributed by atoms with van der Waals surface area (Å²) in [5.41, 5.74) is 7.17. The van der Waals surface area contributed by atoms with Gasteiger partial charge in [0, 0.05) is 17.2 Å². The van der Waals surface area contributed by atoms with E-state index < -0.39 is 0 Å². The number of pyridine rings is 1. The maximum atomic E-state index is 5.98. The predicted octanol–water partition coefficient (Wildman–Crippen LogP) is 6.83. The summed E-state index contributed by atoms with van der Waals surface area (Å²) in [7, 11) is 0. The summed E-state index contributed by atoms with van der Waals surface area (Å²) < 4.78 is 5.98. The SMILES string of the molecule is c1ccc(-c2cccc(-c3ccc4oc(-c5ccccc5)cc4n3)c2)cc1. The lowest BCUT2D eigenvalue weighted by Gasteiger charge is -2.05. The topological polar surface area (TPSA) is 26.0 Å². The molecule has 0 aliphatic heterocycles. The lowest BCUT2D eigenvalue weighted by molar-refractivity contribution is 0.631. The van der Waals surface area contributed by atoms with Crippen LogP contribution in [0.1, 0.15) is 0 Å². The number of rotatable bonds is 3. The fourth-order valence-electron chi connectivity index (χ4n) is 3.32. The quantitative estimate of drug-likeness (QED) is 0.357. The molecule has 128 valence electrons. The van der Waals surface area contributed by atoms with E-state index in [1.165, 1.54) is 11.1 Å². The molecule has 0 fully saturated rings. The molecule has 0 saturated heterocycles. The smallest absolute Gasteiger partial charge is 0.153 e. The molecule has 5 aromatic rings. The zero-order chi connectivity index (χ0) is 18.1. The van der Waals surface area contributed by atoms with Crippen LogP contribution in [0.3, 0.4) is 0 Å². The Kier molecular flexibility index (Phi) is 3.80. The molecule has 0 radical (unpaired) electrons. The summed E-state index contributed by atoms with van der Waals surface area (Å²) in [6.45, 7) is 0. The van der Waals surface area contributed by atoms with Crippen LogP contribution in [0.2, 0.25) is 0 Å². The normalized spacial score (nSPS) is 11.0. The van der Waals surface area contributed by atoms with Crippen LogP contribution in [0.15, 0.2) is 108 Å². The summed E-state index contributed by atoms with van der Waals surface area (Å²) in [4.78, 5) is 4.83. The predicted molar refractivity (Wildman–Crippen MR) is 110 cm³/mol. The Morgan fingerprint density at radius 2 is 1.19 bits per heavy atom. The number of aromatic nitrogens is 1. The van der Waals surface area contributed by atoms with Crippen molar-refractivity contribution in [1.29, 1.82) is 0 Å². The molecule has 5 rings (SSSR count). The van der Waals surface area contributed by atoms with E-state index in [1.807, 2.05) is 54.6 Å². The van der Waals surface area contributed by atoms with Crippen molar-refractivity contribution < 1.29 is 4.42 Å². The van der Waals surface area contributed by atoms with E-state index in [2.05, 4.69) is 48.5 Å². The van der Waals surface area contributed by atoms with E-state index in [0.29, 0.717) is 0 Å². The highest BCUT2D eigenvalue weighted by Gasteiger charge is 2.09. The molecular formula is C25H17NO. The van der Waals surface area contributed by atoms with Crippen molar-refractivity contribution in [2.24, 2.45) is 0 Å². The van der Waals surface area contributed by atoms with Crippen LogP contribution in [-0.4, -0.2) is 4.98 Å². The Bertz CT molecular complexity index is 1210. The van der Waals surface area contributed by atoms with Crippen LogP contribution in [-0.2, 0) is 0 Å². The van der Waals surface area contributed by atoms with Gasteiger partial charge in [-0.25, -0.2) is 4.98 Å². The largest absolute Gasteiger partial charge is 0.454 e. The Balaban J connectivity index is 1.56. The summed E-state index contributed by atoms with van der Waals surface area (Å²) in [6.07, 6.45) is 0. The molecule has 2 aromatic heterocycles. The third-order valence-electron chi connectivity index (χ3n) is 4.70. The molecule has 0 aliphatic rings.